The van der Waals surface area contributed by atoms with Gasteiger partial charge in [-0.05, 0) is 43.7 Å². The zero-order chi connectivity index (χ0) is 15.5. The number of aromatic nitrogens is 1. The van der Waals surface area contributed by atoms with Gasteiger partial charge in [0.2, 0.25) is 5.91 Å². The van der Waals surface area contributed by atoms with Gasteiger partial charge in [-0.2, -0.15) is 0 Å². The Hall–Kier alpha value is -2.11. The molecule has 1 N–H and O–H groups in total. The molecule has 2 aliphatic rings. The second-order valence-electron chi connectivity index (χ2n) is 6.17. The molecule has 3 amide bonds. The standard InChI is InChI=1S/C16H22N4O2/c1-19(11-12-6-7-12)16(22)18-14-5-3-9-20(15(14)21)13-4-2-8-17-10-13/h2,4,8,10,12,14H,3,5-7,9,11H2,1H3,(H,18,22). The van der Waals surface area contributed by atoms with Gasteiger partial charge in [0, 0.05) is 26.3 Å². The maximum Gasteiger partial charge on any atom is 0.317 e. The molecule has 1 atom stereocenters. The molecule has 1 aliphatic carbocycles. The van der Waals surface area contributed by atoms with Crippen molar-refractivity contribution >= 4 is 17.6 Å². The van der Waals surface area contributed by atoms with E-state index in [1.165, 1.54) is 12.8 Å². The van der Waals surface area contributed by atoms with Crippen molar-refractivity contribution in [1.29, 1.82) is 0 Å². The SMILES string of the molecule is CN(CC1CC1)C(=O)NC1CCCN(c2cccnc2)C1=O. The molecule has 1 saturated carbocycles. The van der Waals surface area contributed by atoms with E-state index < -0.39 is 6.04 Å². The van der Waals surface area contributed by atoms with E-state index in [0.717, 1.165) is 18.7 Å². The van der Waals surface area contributed by atoms with E-state index >= 15 is 0 Å². The van der Waals surface area contributed by atoms with Crippen LogP contribution in [0.25, 0.3) is 0 Å². The quantitative estimate of drug-likeness (QED) is 0.919. The fraction of sp³-hybridized carbons (Fsp3) is 0.562. The van der Waals surface area contributed by atoms with Crippen LogP contribution in [0.4, 0.5) is 10.5 Å². The minimum atomic E-state index is -0.442. The maximum absolute atomic E-state index is 12.6. The lowest BCUT2D eigenvalue weighted by molar-refractivity contribution is -0.121. The Balaban J connectivity index is 1.61. The molecule has 0 bridgehead atoms. The number of piperidine rings is 1. The topological polar surface area (TPSA) is 65.5 Å². The minimum Gasteiger partial charge on any atom is -0.328 e. The van der Waals surface area contributed by atoms with Gasteiger partial charge in [0.15, 0.2) is 0 Å². The van der Waals surface area contributed by atoms with Gasteiger partial charge in [0.1, 0.15) is 6.04 Å². The van der Waals surface area contributed by atoms with E-state index in [9.17, 15) is 9.59 Å². The number of nitrogens with zero attached hydrogens (tertiary/aromatic N) is 3. The molecular weight excluding hydrogens is 280 g/mol. The van der Waals surface area contributed by atoms with Crippen molar-refractivity contribution in [2.24, 2.45) is 5.92 Å². The first-order valence-corrected chi connectivity index (χ1v) is 7.88. The monoisotopic (exact) mass is 302 g/mol. The summed E-state index contributed by atoms with van der Waals surface area (Å²) in [5.41, 5.74) is 0.790. The van der Waals surface area contributed by atoms with Crippen molar-refractivity contribution in [3.8, 4) is 0 Å². The lowest BCUT2D eigenvalue weighted by Gasteiger charge is -2.33. The second kappa shape index (κ2) is 6.34. The van der Waals surface area contributed by atoms with Gasteiger partial charge in [0.25, 0.3) is 0 Å². The summed E-state index contributed by atoms with van der Waals surface area (Å²) in [7, 11) is 1.79. The summed E-state index contributed by atoms with van der Waals surface area (Å²) in [6.45, 7) is 1.45. The minimum absolute atomic E-state index is 0.0487. The smallest absolute Gasteiger partial charge is 0.317 e. The van der Waals surface area contributed by atoms with E-state index in [2.05, 4.69) is 10.3 Å². The number of pyridine rings is 1. The summed E-state index contributed by atoms with van der Waals surface area (Å²) in [5, 5.41) is 2.88. The average Bonchev–Trinajstić information content (AvgIpc) is 3.34. The zero-order valence-corrected chi connectivity index (χ0v) is 12.9. The molecule has 0 radical (unpaired) electrons. The Labute approximate surface area is 130 Å². The third-order valence-electron chi connectivity index (χ3n) is 4.27. The van der Waals surface area contributed by atoms with Crippen LogP contribution in [-0.2, 0) is 4.79 Å². The maximum atomic E-state index is 12.6. The Kier molecular flexibility index (Phi) is 4.27. The number of anilines is 1. The molecule has 118 valence electrons. The number of amides is 3. The molecule has 2 heterocycles. The van der Waals surface area contributed by atoms with Crippen LogP contribution < -0.4 is 10.2 Å². The summed E-state index contributed by atoms with van der Waals surface area (Å²) in [5.74, 6) is 0.595. The van der Waals surface area contributed by atoms with E-state index in [0.29, 0.717) is 18.9 Å². The van der Waals surface area contributed by atoms with Gasteiger partial charge >= 0.3 is 6.03 Å². The number of urea groups is 1. The summed E-state index contributed by atoms with van der Waals surface area (Å²) in [6.07, 6.45) is 7.34. The number of hydrogen-bond acceptors (Lipinski definition) is 3. The van der Waals surface area contributed by atoms with Crippen molar-refractivity contribution in [1.82, 2.24) is 15.2 Å². The van der Waals surface area contributed by atoms with Crippen LogP contribution in [0, 0.1) is 5.92 Å². The van der Waals surface area contributed by atoms with Gasteiger partial charge in [0.05, 0.1) is 11.9 Å². The fourth-order valence-corrected chi connectivity index (χ4v) is 2.81. The summed E-state index contributed by atoms with van der Waals surface area (Å²) in [6, 6.07) is 3.09. The fourth-order valence-electron chi connectivity index (χ4n) is 2.81. The van der Waals surface area contributed by atoms with Gasteiger partial charge in [-0.15, -0.1) is 0 Å². The highest BCUT2D eigenvalue weighted by Gasteiger charge is 2.32. The molecule has 1 aromatic heterocycles. The Morgan fingerprint density at radius 2 is 2.27 bits per heavy atom. The molecule has 22 heavy (non-hydrogen) atoms. The van der Waals surface area contributed by atoms with E-state index in [4.69, 9.17) is 0 Å². The first-order valence-electron chi connectivity index (χ1n) is 7.88. The largest absolute Gasteiger partial charge is 0.328 e. The van der Waals surface area contributed by atoms with Gasteiger partial charge in [-0.3, -0.25) is 9.78 Å². The first kappa shape index (κ1) is 14.8. The average molecular weight is 302 g/mol. The number of rotatable bonds is 4. The number of hydrogen-bond donors (Lipinski definition) is 1. The predicted molar refractivity (Wildman–Crippen MR) is 83.5 cm³/mol. The first-order chi connectivity index (χ1) is 10.6. The lowest BCUT2D eigenvalue weighted by atomic mass is 10.0. The van der Waals surface area contributed by atoms with Crippen LogP contribution in [0.1, 0.15) is 25.7 Å². The Morgan fingerprint density at radius 1 is 1.45 bits per heavy atom. The molecule has 3 rings (SSSR count). The normalized spacial score (nSPS) is 21.6. The lowest BCUT2D eigenvalue weighted by Crippen LogP contribution is -2.54. The van der Waals surface area contributed by atoms with Crippen LogP contribution in [0.15, 0.2) is 24.5 Å². The molecule has 1 aliphatic heterocycles. The molecular formula is C16H22N4O2. The number of nitrogens with one attached hydrogen (secondary N) is 1. The predicted octanol–water partition coefficient (Wildman–Crippen LogP) is 1.63. The van der Waals surface area contributed by atoms with Crippen molar-refractivity contribution in [2.75, 3.05) is 25.0 Å². The van der Waals surface area contributed by atoms with Gasteiger partial charge in [-0.25, -0.2) is 4.79 Å². The molecule has 0 spiro atoms. The number of carbonyl (C=O) groups is 2. The van der Waals surface area contributed by atoms with Crippen LogP contribution in [0.2, 0.25) is 0 Å². The highest BCUT2D eigenvalue weighted by molar-refractivity contribution is 5.99. The van der Waals surface area contributed by atoms with Crippen molar-refractivity contribution in [3.05, 3.63) is 24.5 Å². The van der Waals surface area contributed by atoms with Crippen molar-refractivity contribution in [3.63, 3.8) is 0 Å². The second-order valence-corrected chi connectivity index (χ2v) is 6.17. The van der Waals surface area contributed by atoms with Crippen molar-refractivity contribution in [2.45, 2.75) is 31.7 Å². The highest BCUT2D eigenvalue weighted by atomic mass is 16.2. The summed E-state index contributed by atoms with van der Waals surface area (Å²) < 4.78 is 0. The van der Waals surface area contributed by atoms with Crippen LogP contribution >= 0.6 is 0 Å². The van der Waals surface area contributed by atoms with E-state index in [-0.39, 0.29) is 11.9 Å². The molecule has 2 fully saturated rings. The molecule has 1 saturated heterocycles. The number of carbonyl (C=O) groups excluding carboxylic acids is 2. The van der Waals surface area contributed by atoms with Crippen LogP contribution in [0.3, 0.4) is 0 Å². The van der Waals surface area contributed by atoms with Crippen molar-refractivity contribution < 1.29 is 9.59 Å². The van der Waals surface area contributed by atoms with Gasteiger partial charge < -0.3 is 15.1 Å². The Bertz CT molecular complexity index is 544. The van der Waals surface area contributed by atoms with Gasteiger partial charge in [-0.1, -0.05) is 0 Å². The zero-order valence-electron chi connectivity index (χ0n) is 12.9. The Morgan fingerprint density at radius 3 is 2.95 bits per heavy atom. The van der Waals surface area contributed by atoms with Crippen LogP contribution in [-0.4, -0.2) is 48.0 Å². The van der Waals surface area contributed by atoms with Crippen LogP contribution in [0.5, 0.6) is 0 Å². The van der Waals surface area contributed by atoms with E-state index in [1.807, 2.05) is 12.1 Å². The highest BCUT2D eigenvalue weighted by Crippen LogP contribution is 2.29. The molecule has 6 nitrogen and oxygen atoms in total. The third kappa shape index (κ3) is 3.37. The molecule has 1 unspecified atom stereocenters. The molecule has 0 aromatic carbocycles. The molecule has 1 aromatic rings. The molecule has 6 heteroatoms. The summed E-state index contributed by atoms with van der Waals surface area (Å²) in [4.78, 5) is 32.2. The van der Waals surface area contributed by atoms with E-state index in [1.54, 1.807) is 29.2 Å². The summed E-state index contributed by atoms with van der Waals surface area (Å²) >= 11 is 0. The third-order valence-corrected chi connectivity index (χ3v) is 4.27.